The Labute approximate surface area is 104 Å². The topological polar surface area (TPSA) is 91.7 Å². The molecule has 6 heteroatoms. The Morgan fingerprint density at radius 1 is 1.28 bits per heavy atom. The summed E-state index contributed by atoms with van der Waals surface area (Å²) in [4.78, 5) is 10.8. The van der Waals surface area contributed by atoms with Gasteiger partial charge in [0.2, 0.25) is 0 Å². The number of hydrogen-bond donors (Lipinski definition) is 2. The average molecular weight is 266 g/mol. The van der Waals surface area contributed by atoms with Gasteiger partial charge in [-0.05, 0) is 22.8 Å². The highest BCUT2D eigenvalue weighted by Crippen LogP contribution is 2.38. The predicted molar refractivity (Wildman–Crippen MR) is 65.5 cm³/mol. The number of rotatable bonds is 2. The summed E-state index contributed by atoms with van der Waals surface area (Å²) in [6.07, 6.45) is 1.23. The lowest BCUT2D eigenvalue weighted by Crippen LogP contribution is -2.21. The maximum atomic E-state index is 11.2. The Bertz CT molecular complexity index is 669. The van der Waals surface area contributed by atoms with E-state index in [1.807, 2.05) is 0 Å². The normalized spacial score (nSPS) is 19.1. The fraction of sp³-hybridized carbons (Fsp3) is 0.0833. The molecule has 0 aromatic heterocycles. The van der Waals surface area contributed by atoms with Crippen LogP contribution in [0.2, 0.25) is 0 Å². The summed E-state index contributed by atoms with van der Waals surface area (Å²) in [5.41, 5.74) is 0.774. The molecule has 0 saturated carbocycles. The van der Waals surface area contributed by atoms with E-state index in [0.717, 1.165) is 0 Å². The molecule has 1 aromatic rings. The van der Waals surface area contributed by atoms with Crippen molar-refractivity contribution in [3.8, 4) is 0 Å². The quantitative estimate of drug-likeness (QED) is 0.794. The SMILES string of the molecule is C=C1C(S(=O)(=O)O)=Cc2ccccc2C1C(=O)O. The predicted octanol–water partition coefficient (Wildman–Crippen LogP) is 1.65. The number of carboxylic acids is 1. The molecule has 2 rings (SSSR count). The number of aliphatic carboxylic acids is 1. The number of benzene rings is 1. The molecule has 0 aliphatic heterocycles. The van der Waals surface area contributed by atoms with Crippen LogP contribution in [0.5, 0.6) is 0 Å². The number of hydrogen-bond acceptors (Lipinski definition) is 3. The van der Waals surface area contributed by atoms with E-state index in [1.165, 1.54) is 6.08 Å². The van der Waals surface area contributed by atoms with Crippen molar-refractivity contribution in [2.24, 2.45) is 0 Å². The standard InChI is InChI=1S/C12H10O5S/c1-7-10(18(15,16)17)6-8-4-2-3-5-9(8)11(7)12(13)14/h2-6,11H,1H2,(H,13,14)(H,15,16,17). The lowest BCUT2D eigenvalue weighted by atomic mass is 9.84. The van der Waals surface area contributed by atoms with Crippen molar-refractivity contribution >= 4 is 22.2 Å². The molecule has 0 spiro atoms. The molecule has 5 nitrogen and oxygen atoms in total. The van der Waals surface area contributed by atoms with Gasteiger partial charge in [0.05, 0.1) is 4.91 Å². The highest BCUT2D eigenvalue weighted by atomic mass is 32.2. The van der Waals surface area contributed by atoms with E-state index in [0.29, 0.717) is 11.1 Å². The zero-order valence-corrected chi connectivity index (χ0v) is 10.0. The highest BCUT2D eigenvalue weighted by molar-refractivity contribution is 7.90. The van der Waals surface area contributed by atoms with Crippen molar-refractivity contribution in [1.82, 2.24) is 0 Å². The fourth-order valence-corrected chi connectivity index (χ4v) is 2.72. The maximum Gasteiger partial charge on any atom is 0.315 e. The zero-order chi connectivity index (χ0) is 13.5. The van der Waals surface area contributed by atoms with Crippen molar-refractivity contribution in [2.75, 3.05) is 0 Å². The first-order chi connectivity index (χ1) is 8.32. The number of fused-ring (bicyclic) bond motifs is 1. The Kier molecular flexibility index (Phi) is 2.84. The summed E-state index contributed by atoms with van der Waals surface area (Å²) in [6.45, 7) is 3.48. The van der Waals surface area contributed by atoms with Crippen molar-refractivity contribution in [3.05, 3.63) is 52.4 Å². The lowest BCUT2D eigenvalue weighted by Gasteiger charge is -2.23. The van der Waals surface area contributed by atoms with Crippen molar-refractivity contribution in [3.63, 3.8) is 0 Å². The summed E-state index contributed by atoms with van der Waals surface area (Å²) >= 11 is 0. The second-order valence-electron chi connectivity index (χ2n) is 3.91. The summed E-state index contributed by atoms with van der Waals surface area (Å²) in [6, 6.07) is 6.50. The van der Waals surface area contributed by atoms with Gasteiger partial charge in [0.15, 0.2) is 0 Å². The highest BCUT2D eigenvalue weighted by Gasteiger charge is 2.34. The van der Waals surface area contributed by atoms with Crippen LogP contribution in [-0.4, -0.2) is 24.0 Å². The first-order valence-electron chi connectivity index (χ1n) is 5.02. The zero-order valence-electron chi connectivity index (χ0n) is 9.20. The molecule has 1 aliphatic carbocycles. The van der Waals surface area contributed by atoms with Gasteiger partial charge in [-0.3, -0.25) is 9.35 Å². The molecule has 18 heavy (non-hydrogen) atoms. The molecule has 0 radical (unpaired) electrons. The van der Waals surface area contributed by atoms with E-state index >= 15 is 0 Å². The van der Waals surface area contributed by atoms with Gasteiger partial charge in [-0.1, -0.05) is 30.8 Å². The van der Waals surface area contributed by atoms with E-state index < -0.39 is 26.9 Å². The van der Waals surface area contributed by atoms with Crippen molar-refractivity contribution in [2.45, 2.75) is 5.92 Å². The van der Waals surface area contributed by atoms with Crippen LogP contribution in [0, 0.1) is 0 Å². The molecule has 0 fully saturated rings. The third-order valence-corrected chi connectivity index (χ3v) is 3.72. The summed E-state index contributed by atoms with van der Waals surface area (Å²) in [5, 5.41) is 9.17. The molecule has 0 amide bonds. The first kappa shape index (κ1) is 12.5. The minimum Gasteiger partial charge on any atom is -0.481 e. The summed E-state index contributed by atoms with van der Waals surface area (Å²) in [5.74, 6) is -2.37. The van der Waals surface area contributed by atoms with Crippen LogP contribution < -0.4 is 0 Å². The molecule has 94 valence electrons. The molecule has 2 N–H and O–H groups in total. The Hall–Kier alpha value is -1.92. The van der Waals surface area contributed by atoms with Crippen LogP contribution in [0.25, 0.3) is 6.08 Å². The molecule has 1 atom stereocenters. The first-order valence-corrected chi connectivity index (χ1v) is 6.46. The molecular weight excluding hydrogens is 256 g/mol. The van der Waals surface area contributed by atoms with Crippen molar-refractivity contribution in [1.29, 1.82) is 0 Å². The summed E-state index contributed by atoms with van der Waals surface area (Å²) in [7, 11) is -4.49. The van der Waals surface area contributed by atoms with E-state index in [2.05, 4.69) is 6.58 Å². The third kappa shape index (κ3) is 1.96. The smallest absolute Gasteiger partial charge is 0.315 e. The summed E-state index contributed by atoms with van der Waals surface area (Å²) < 4.78 is 31.5. The minimum atomic E-state index is -4.49. The number of carbonyl (C=O) groups is 1. The Morgan fingerprint density at radius 3 is 2.44 bits per heavy atom. The largest absolute Gasteiger partial charge is 0.481 e. The monoisotopic (exact) mass is 266 g/mol. The lowest BCUT2D eigenvalue weighted by molar-refractivity contribution is -0.137. The average Bonchev–Trinajstić information content (AvgIpc) is 2.26. The van der Waals surface area contributed by atoms with Gasteiger partial charge < -0.3 is 5.11 Å². The van der Waals surface area contributed by atoms with Crippen LogP contribution in [-0.2, 0) is 14.9 Å². The van der Waals surface area contributed by atoms with Gasteiger partial charge in [-0.15, -0.1) is 0 Å². The maximum absolute atomic E-state index is 11.2. The molecule has 0 saturated heterocycles. The van der Waals surface area contributed by atoms with Crippen LogP contribution in [0.1, 0.15) is 17.0 Å². The number of carboxylic acid groups (broad SMARTS) is 1. The number of allylic oxidation sites excluding steroid dienone is 1. The van der Waals surface area contributed by atoms with Gasteiger partial charge in [-0.25, -0.2) is 0 Å². The van der Waals surface area contributed by atoms with Crippen LogP contribution in [0.15, 0.2) is 41.3 Å². The van der Waals surface area contributed by atoms with E-state index in [4.69, 9.17) is 4.55 Å². The van der Waals surface area contributed by atoms with Crippen molar-refractivity contribution < 1.29 is 22.9 Å². The molecule has 0 heterocycles. The minimum absolute atomic E-state index is 0.135. The van der Waals surface area contributed by atoms with Gasteiger partial charge in [0.1, 0.15) is 5.92 Å². The Balaban J connectivity index is 2.74. The molecule has 0 bridgehead atoms. The van der Waals surface area contributed by atoms with E-state index in [-0.39, 0.29) is 5.57 Å². The molecule has 1 aromatic carbocycles. The van der Waals surface area contributed by atoms with Crippen LogP contribution >= 0.6 is 0 Å². The Morgan fingerprint density at radius 2 is 1.89 bits per heavy atom. The van der Waals surface area contributed by atoms with Gasteiger partial charge in [0, 0.05) is 0 Å². The second kappa shape index (κ2) is 4.08. The molecule has 1 unspecified atom stereocenters. The van der Waals surface area contributed by atoms with Crippen LogP contribution in [0.3, 0.4) is 0 Å². The van der Waals surface area contributed by atoms with E-state index in [9.17, 15) is 18.3 Å². The second-order valence-corrected chi connectivity index (χ2v) is 5.30. The third-order valence-electron chi connectivity index (χ3n) is 2.78. The molecule has 1 aliphatic rings. The van der Waals surface area contributed by atoms with Gasteiger partial charge in [-0.2, -0.15) is 8.42 Å². The van der Waals surface area contributed by atoms with Crippen LogP contribution in [0.4, 0.5) is 0 Å². The molecular formula is C12H10O5S. The van der Waals surface area contributed by atoms with E-state index in [1.54, 1.807) is 24.3 Å². The fourth-order valence-electron chi connectivity index (χ4n) is 1.99. The van der Waals surface area contributed by atoms with Gasteiger partial charge >= 0.3 is 5.97 Å². The van der Waals surface area contributed by atoms with Gasteiger partial charge in [0.25, 0.3) is 10.1 Å².